The molecule has 2 aromatic rings. The van der Waals surface area contributed by atoms with Crippen molar-refractivity contribution < 1.29 is 9.13 Å². The van der Waals surface area contributed by atoms with Crippen molar-refractivity contribution in [2.75, 3.05) is 14.2 Å². The fourth-order valence-electron chi connectivity index (χ4n) is 2.45. The lowest BCUT2D eigenvalue weighted by atomic mass is 9.92. The molecule has 2 aromatic carbocycles. The zero-order valence-corrected chi connectivity index (χ0v) is 12.3. The van der Waals surface area contributed by atoms with Crippen LogP contribution < -0.4 is 10.1 Å². The van der Waals surface area contributed by atoms with Crippen molar-refractivity contribution in [2.24, 2.45) is 0 Å². The maximum absolute atomic E-state index is 13.9. The molecule has 0 bridgehead atoms. The highest BCUT2D eigenvalue weighted by atomic mass is 19.1. The molecule has 0 saturated carbocycles. The smallest absolute Gasteiger partial charge is 0.165 e. The Morgan fingerprint density at radius 1 is 1.15 bits per heavy atom. The van der Waals surface area contributed by atoms with Crippen LogP contribution in [0.2, 0.25) is 0 Å². The predicted octanol–water partition coefficient (Wildman–Crippen LogP) is 3.76. The number of halogens is 1. The monoisotopic (exact) mass is 273 g/mol. The number of hydrogen-bond acceptors (Lipinski definition) is 2. The summed E-state index contributed by atoms with van der Waals surface area (Å²) in [4.78, 5) is 0. The van der Waals surface area contributed by atoms with Gasteiger partial charge in [0.05, 0.1) is 13.2 Å². The van der Waals surface area contributed by atoms with Gasteiger partial charge in [0.1, 0.15) is 0 Å². The molecule has 2 nitrogen and oxygen atoms in total. The van der Waals surface area contributed by atoms with Crippen LogP contribution in [0.4, 0.5) is 4.39 Å². The molecule has 0 radical (unpaired) electrons. The summed E-state index contributed by atoms with van der Waals surface area (Å²) in [7, 11) is 3.35. The molecule has 106 valence electrons. The summed E-state index contributed by atoms with van der Waals surface area (Å²) >= 11 is 0. The lowest BCUT2D eigenvalue weighted by molar-refractivity contribution is 0.386. The van der Waals surface area contributed by atoms with E-state index < -0.39 is 0 Å². The minimum Gasteiger partial charge on any atom is -0.494 e. The van der Waals surface area contributed by atoms with Crippen molar-refractivity contribution in [3.8, 4) is 5.75 Å². The Kier molecular flexibility index (Phi) is 4.40. The SMILES string of the molecule is CNC(c1ccc(OC)c(F)c1)c1cccc(C)c1C. The topological polar surface area (TPSA) is 21.3 Å². The first kappa shape index (κ1) is 14.5. The maximum Gasteiger partial charge on any atom is 0.165 e. The van der Waals surface area contributed by atoms with E-state index >= 15 is 0 Å². The molecule has 0 aliphatic rings. The van der Waals surface area contributed by atoms with E-state index in [2.05, 4.69) is 31.3 Å². The van der Waals surface area contributed by atoms with Crippen LogP contribution in [0.15, 0.2) is 36.4 Å². The first-order valence-corrected chi connectivity index (χ1v) is 6.65. The van der Waals surface area contributed by atoms with Crippen LogP contribution in [-0.4, -0.2) is 14.2 Å². The second-order valence-corrected chi connectivity index (χ2v) is 4.90. The van der Waals surface area contributed by atoms with Gasteiger partial charge in [0.25, 0.3) is 0 Å². The Morgan fingerprint density at radius 2 is 1.90 bits per heavy atom. The Balaban J connectivity index is 2.47. The molecule has 3 heteroatoms. The van der Waals surface area contributed by atoms with Crippen LogP contribution in [0.3, 0.4) is 0 Å². The molecule has 1 atom stereocenters. The summed E-state index contributed by atoms with van der Waals surface area (Å²) in [5, 5.41) is 3.26. The average Bonchev–Trinajstić information content (AvgIpc) is 2.44. The molecule has 0 aliphatic carbocycles. The highest BCUT2D eigenvalue weighted by Crippen LogP contribution is 2.29. The molecule has 0 aliphatic heterocycles. The molecule has 1 unspecified atom stereocenters. The van der Waals surface area contributed by atoms with E-state index in [9.17, 15) is 4.39 Å². The first-order chi connectivity index (χ1) is 9.58. The second-order valence-electron chi connectivity index (χ2n) is 4.90. The van der Waals surface area contributed by atoms with Crippen molar-refractivity contribution in [2.45, 2.75) is 19.9 Å². The molecule has 2 rings (SSSR count). The largest absolute Gasteiger partial charge is 0.494 e. The van der Waals surface area contributed by atoms with Gasteiger partial charge in [-0.2, -0.15) is 0 Å². The number of rotatable bonds is 4. The van der Waals surface area contributed by atoms with Crippen LogP contribution in [0.25, 0.3) is 0 Å². The minimum atomic E-state index is -0.337. The molecular formula is C17H20FNO. The van der Waals surface area contributed by atoms with Crippen LogP contribution in [0.1, 0.15) is 28.3 Å². The van der Waals surface area contributed by atoms with Crippen LogP contribution in [0, 0.1) is 19.7 Å². The normalized spacial score (nSPS) is 12.2. The summed E-state index contributed by atoms with van der Waals surface area (Å²) in [6.07, 6.45) is 0. The highest BCUT2D eigenvalue weighted by molar-refractivity contribution is 5.42. The third-order valence-corrected chi connectivity index (χ3v) is 3.76. The molecule has 0 heterocycles. The van der Waals surface area contributed by atoms with Crippen LogP contribution in [0.5, 0.6) is 5.75 Å². The van der Waals surface area contributed by atoms with Gasteiger partial charge in [-0.15, -0.1) is 0 Å². The number of hydrogen-bond donors (Lipinski definition) is 1. The Morgan fingerprint density at radius 3 is 2.50 bits per heavy atom. The number of nitrogens with one attached hydrogen (secondary N) is 1. The van der Waals surface area contributed by atoms with Gasteiger partial charge in [-0.3, -0.25) is 0 Å². The van der Waals surface area contributed by atoms with Crippen molar-refractivity contribution >= 4 is 0 Å². The summed E-state index contributed by atoms with van der Waals surface area (Å²) in [5.74, 6) is -0.0693. The zero-order chi connectivity index (χ0) is 14.7. The lowest BCUT2D eigenvalue weighted by Crippen LogP contribution is -2.19. The Labute approximate surface area is 119 Å². The quantitative estimate of drug-likeness (QED) is 0.915. The first-order valence-electron chi connectivity index (χ1n) is 6.65. The van der Waals surface area contributed by atoms with Crippen molar-refractivity contribution in [1.82, 2.24) is 5.32 Å². The molecule has 0 aromatic heterocycles. The third-order valence-electron chi connectivity index (χ3n) is 3.76. The molecule has 0 spiro atoms. The average molecular weight is 273 g/mol. The van der Waals surface area contributed by atoms with E-state index in [-0.39, 0.29) is 17.6 Å². The Bertz CT molecular complexity index is 610. The van der Waals surface area contributed by atoms with E-state index in [1.165, 1.54) is 24.3 Å². The summed E-state index contributed by atoms with van der Waals surface area (Å²) in [5.41, 5.74) is 4.51. The van der Waals surface area contributed by atoms with Gasteiger partial charge in [-0.25, -0.2) is 4.39 Å². The minimum absolute atomic E-state index is 0.0321. The zero-order valence-electron chi connectivity index (χ0n) is 12.3. The Hall–Kier alpha value is -1.87. The van der Waals surface area contributed by atoms with Gasteiger partial charge in [0.15, 0.2) is 11.6 Å². The highest BCUT2D eigenvalue weighted by Gasteiger charge is 2.16. The van der Waals surface area contributed by atoms with Crippen LogP contribution >= 0.6 is 0 Å². The van der Waals surface area contributed by atoms with E-state index in [4.69, 9.17) is 4.74 Å². The number of benzene rings is 2. The van der Waals surface area contributed by atoms with Crippen molar-refractivity contribution in [3.63, 3.8) is 0 Å². The van der Waals surface area contributed by atoms with E-state index in [1.54, 1.807) is 6.07 Å². The molecule has 20 heavy (non-hydrogen) atoms. The summed E-state index contributed by atoms with van der Waals surface area (Å²) in [6, 6.07) is 11.2. The van der Waals surface area contributed by atoms with E-state index in [0.717, 1.165) is 11.1 Å². The van der Waals surface area contributed by atoms with Crippen LogP contribution in [-0.2, 0) is 0 Å². The molecular weight excluding hydrogens is 253 g/mol. The number of methoxy groups -OCH3 is 1. The van der Waals surface area contributed by atoms with Gasteiger partial charge in [-0.1, -0.05) is 24.3 Å². The predicted molar refractivity (Wildman–Crippen MR) is 79.8 cm³/mol. The summed E-state index contributed by atoms with van der Waals surface area (Å²) < 4.78 is 18.9. The summed E-state index contributed by atoms with van der Waals surface area (Å²) in [6.45, 7) is 4.18. The molecule has 0 amide bonds. The van der Waals surface area contributed by atoms with Gasteiger partial charge >= 0.3 is 0 Å². The van der Waals surface area contributed by atoms with Crippen molar-refractivity contribution in [3.05, 3.63) is 64.5 Å². The van der Waals surface area contributed by atoms with Crippen molar-refractivity contribution in [1.29, 1.82) is 0 Å². The number of ether oxygens (including phenoxy) is 1. The molecule has 0 saturated heterocycles. The van der Waals surface area contributed by atoms with E-state index in [1.807, 2.05) is 19.2 Å². The van der Waals surface area contributed by atoms with Gasteiger partial charge in [0, 0.05) is 0 Å². The van der Waals surface area contributed by atoms with Gasteiger partial charge in [-0.05, 0) is 55.3 Å². The fourth-order valence-corrected chi connectivity index (χ4v) is 2.45. The molecule has 0 fully saturated rings. The van der Waals surface area contributed by atoms with Gasteiger partial charge < -0.3 is 10.1 Å². The second kappa shape index (κ2) is 6.06. The molecule has 1 N–H and O–H groups in total. The van der Waals surface area contributed by atoms with Gasteiger partial charge in [0.2, 0.25) is 0 Å². The van der Waals surface area contributed by atoms with E-state index in [0.29, 0.717) is 0 Å². The number of aryl methyl sites for hydroxylation is 1. The fraction of sp³-hybridized carbons (Fsp3) is 0.294. The lowest BCUT2D eigenvalue weighted by Gasteiger charge is -2.21. The standard InChI is InChI=1S/C17H20FNO/c1-11-6-5-7-14(12(11)2)17(19-3)13-8-9-16(20-4)15(18)10-13/h5-10,17,19H,1-4H3. The maximum atomic E-state index is 13.9. The third kappa shape index (κ3) is 2.68.